The highest BCUT2D eigenvalue weighted by atomic mass is 79.9. The van der Waals surface area contributed by atoms with Crippen LogP contribution in [0.3, 0.4) is 0 Å². The largest absolute Gasteiger partial charge is 0.337 e. The third-order valence-electron chi connectivity index (χ3n) is 2.97. The molecule has 1 aromatic heterocycles. The van der Waals surface area contributed by atoms with Gasteiger partial charge in [0.25, 0.3) is 0 Å². The summed E-state index contributed by atoms with van der Waals surface area (Å²) in [4.78, 5) is 4.36. The van der Waals surface area contributed by atoms with Crippen molar-refractivity contribution < 1.29 is 8.91 Å². The van der Waals surface area contributed by atoms with E-state index in [0.29, 0.717) is 16.2 Å². The summed E-state index contributed by atoms with van der Waals surface area (Å²) < 4.78 is 18.9. The lowest BCUT2D eigenvalue weighted by Gasteiger charge is -2.01. The third-order valence-corrected chi connectivity index (χ3v) is 3.63. The van der Waals surface area contributed by atoms with E-state index in [4.69, 9.17) is 4.52 Å². The molecule has 1 atom stereocenters. The number of nitrogens with one attached hydrogen (secondary N) is 1. The molecule has 0 aliphatic carbocycles. The molecule has 1 aliphatic heterocycles. The van der Waals surface area contributed by atoms with Crippen LogP contribution in [0.5, 0.6) is 0 Å². The average Bonchev–Trinajstić information content (AvgIpc) is 2.99. The highest BCUT2D eigenvalue weighted by molar-refractivity contribution is 9.10. The van der Waals surface area contributed by atoms with E-state index in [0.717, 1.165) is 24.9 Å². The summed E-state index contributed by atoms with van der Waals surface area (Å²) >= 11 is 3.30. The van der Waals surface area contributed by atoms with Gasteiger partial charge in [0.2, 0.25) is 11.7 Å². The van der Waals surface area contributed by atoms with Gasteiger partial charge in [-0.15, -0.1) is 0 Å². The minimum atomic E-state index is -0.299. The van der Waals surface area contributed by atoms with Crippen LogP contribution in [0, 0.1) is 5.82 Å². The molecule has 0 saturated carbocycles. The summed E-state index contributed by atoms with van der Waals surface area (Å²) in [5, 5.41) is 7.24. The molecule has 94 valence electrons. The predicted molar refractivity (Wildman–Crippen MR) is 67.4 cm³/mol. The Labute approximate surface area is 112 Å². The SMILES string of the molecule is Fc1ccc(-c2noc(C3CCCN3)n2)c(Br)c1. The van der Waals surface area contributed by atoms with Gasteiger partial charge in [0.15, 0.2) is 0 Å². The molecule has 0 spiro atoms. The normalized spacial score (nSPS) is 19.3. The van der Waals surface area contributed by atoms with Crippen molar-refractivity contribution in [1.82, 2.24) is 15.5 Å². The topological polar surface area (TPSA) is 51.0 Å². The monoisotopic (exact) mass is 311 g/mol. The van der Waals surface area contributed by atoms with Gasteiger partial charge in [-0.05, 0) is 53.5 Å². The Balaban J connectivity index is 1.92. The smallest absolute Gasteiger partial charge is 0.244 e. The van der Waals surface area contributed by atoms with Gasteiger partial charge in [0.05, 0.1) is 6.04 Å². The van der Waals surface area contributed by atoms with E-state index in [2.05, 4.69) is 31.4 Å². The molecule has 0 bridgehead atoms. The zero-order chi connectivity index (χ0) is 12.5. The molecule has 1 aliphatic rings. The first kappa shape index (κ1) is 11.8. The Kier molecular flexibility index (Phi) is 3.13. The highest BCUT2D eigenvalue weighted by Crippen LogP contribution is 2.29. The van der Waals surface area contributed by atoms with Gasteiger partial charge in [-0.25, -0.2) is 4.39 Å². The van der Waals surface area contributed by atoms with Crippen molar-refractivity contribution >= 4 is 15.9 Å². The Morgan fingerprint density at radius 2 is 2.33 bits per heavy atom. The van der Waals surface area contributed by atoms with Crippen LogP contribution in [0.15, 0.2) is 27.2 Å². The average molecular weight is 312 g/mol. The number of hydrogen-bond donors (Lipinski definition) is 1. The summed E-state index contributed by atoms with van der Waals surface area (Å²) in [6.07, 6.45) is 2.12. The lowest BCUT2D eigenvalue weighted by atomic mass is 10.2. The minimum absolute atomic E-state index is 0.144. The second kappa shape index (κ2) is 4.78. The zero-order valence-electron chi connectivity index (χ0n) is 9.49. The summed E-state index contributed by atoms with van der Waals surface area (Å²) in [5.74, 6) is 0.774. The molecule has 1 unspecified atom stereocenters. The minimum Gasteiger partial charge on any atom is -0.337 e. The van der Waals surface area contributed by atoms with Gasteiger partial charge in [-0.2, -0.15) is 4.98 Å². The van der Waals surface area contributed by atoms with Crippen LogP contribution in [0.2, 0.25) is 0 Å². The summed E-state index contributed by atoms with van der Waals surface area (Å²) in [6, 6.07) is 4.55. The summed E-state index contributed by atoms with van der Waals surface area (Å²) in [6.45, 7) is 0.975. The molecular formula is C12H11BrFN3O. The molecule has 1 N–H and O–H groups in total. The van der Waals surface area contributed by atoms with E-state index >= 15 is 0 Å². The van der Waals surface area contributed by atoms with Gasteiger partial charge in [-0.3, -0.25) is 0 Å². The highest BCUT2D eigenvalue weighted by Gasteiger charge is 2.23. The van der Waals surface area contributed by atoms with Crippen molar-refractivity contribution in [1.29, 1.82) is 0 Å². The molecule has 6 heteroatoms. The number of rotatable bonds is 2. The zero-order valence-corrected chi connectivity index (χ0v) is 11.1. The summed E-state index contributed by atoms with van der Waals surface area (Å²) in [5.41, 5.74) is 0.726. The van der Waals surface area contributed by atoms with Crippen LogP contribution in [0.1, 0.15) is 24.8 Å². The molecule has 0 amide bonds. The second-order valence-corrected chi connectivity index (χ2v) is 5.08. The fourth-order valence-electron chi connectivity index (χ4n) is 2.05. The quantitative estimate of drug-likeness (QED) is 0.926. The molecule has 2 heterocycles. The standard InChI is InChI=1S/C12H11BrFN3O/c13-9-6-7(14)3-4-8(9)11-16-12(18-17-11)10-2-1-5-15-10/h3-4,6,10,15H,1-2,5H2. The Morgan fingerprint density at radius 1 is 1.44 bits per heavy atom. The molecule has 0 radical (unpaired) electrons. The molecule has 3 rings (SSSR count). The molecule has 1 aromatic carbocycles. The number of hydrogen-bond acceptors (Lipinski definition) is 4. The first-order chi connectivity index (χ1) is 8.74. The van der Waals surface area contributed by atoms with Crippen LogP contribution in [0.4, 0.5) is 4.39 Å². The van der Waals surface area contributed by atoms with Gasteiger partial charge < -0.3 is 9.84 Å². The van der Waals surface area contributed by atoms with Gasteiger partial charge in [-0.1, -0.05) is 5.16 Å². The van der Waals surface area contributed by atoms with Gasteiger partial charge in [0.1, 0.15) is 5.82 Å². The summed E-state index contributed by atoms with van der Waals surface area (Å²) in [7, 11) is 0. The molecule has 18 heavy (non-hydrogen) atoms. The van der Waals surface area contributed by atoms with Crippen LogP contribution >= 0.6 is 15.9 Å². The second-order valence-electron chi connectivity index (χ2n) is 4.23. The third kappa shape index (κ3) is 2.18. The van der Waals surface area contributed by atoms with Crippen LogP contribution in [-0.2, 0) is 0 Å². The van der Waals surface area contributed by atoms with E-state index < -0.39 is 0 Å². The van der Waals surface area contributed by atoms with Crippen molar-refractivity contribution in [3.8, 4) is 11.4 Å². The molecule has 1 saturated heterocycles. The fourth-order valence-corrected chi connectivity index (χ4v) is 2.58. The fraction of sp³-hybridized carbons (Fsp3) is 0.333. The molecule has 1 fully saturated rings. The molecule has 2 aromatic rings. The Bertz CT molecular complexity index is 566. The first-order valence-corrected chi connectivity index (χ1v) is 6.56. The van der Waals surface area contributed by atoms with Crippen molar-refractivity contribution in [2.24, 2.45) is 0 Å². The van der Waals surface area contributed by atoms with E-state index in [9.17, 15) is 4.39 Å². The predicted octanol–water partition coefficient (Wildman–Crippen LogP) is 3.06. The number of halogens is 2. The van der Waals surface area contributed by atoms with Crippen LogP contribution in [-0.4, -0.2) is 16.7 Å². The van der Waals surface area contributed by atoms with Crippen LogP contribution < -0.4 is 5.32 Å². The van der Waals surface area contributed by atoms with Crippen molar-refractivity contribution in [3.05, 3.63) is 34.4 Å². The Hall–Kier alpha value is -1.27. The van der Waals surface area contributed by atoms with E-state index in [1.807, 2.05) is 0 Å². The molecule has 4 nitrogen and oxygen atoms in total. The van der Waals surface area contributed by atoms with E-state index in [-0.39, 0.29) is 11.9 Å². The van der Waals surface area contributed by atoms with E-state index in [1.54, 1.807) is 6.07 Å². The lowest BCUT2D eigenvalue weighted by Crippen LogP contribution is -2.12. The number of nitrogens with zero attached hydrogens (tertiary/aromatic N) is 2. The van der Waals surface area contributed by atoms with E-state index in [1.165, 1.54) is 12.1 Å². The van der Waals surface area contributed by atoms with Crippen molar-refractivity contribution in [3.63, 3.8) is 0 Å². The maximum Gasteiger partial charge on any atom is 0.244 e. The molecular weight excluding hydrogens is 301 g/mol. The van der Waals surface area contributed by atoms with Crippen molar-refractivity contribution in [2.45, 2.75) is 18.9 Å². The maximum absolute atomic E-state index is 13.0. The first-order valence-electron chi connectivity index (χ1n) is 5.76. The van der Waals surface area contributed by atoms with Crippen LogP contribution in [0.25, 0.3) is 11.4 Å². The van der Waals surface area contributed by atoms with Gasteiger partial charge >= 0.3 is 0 Å². The Morgan fingerprint density at radius 3 is 3.06 bits per heavy atom. The van der Waals surface area contributed by atoms with Gasteiger partial charge in [0, 0.05) is 10.0 Å². The maximum atomic E-state index is 13.0. The number of aromatic nitrogens is 2. The van der Waals surface area contributed by atoms with Crippen molar-refractivity contribution in [2.75, 3.05) is 6.54 Å². The lowest BCUT2D eigenvalue weighted by molar-refractivity contribution is 0.345. The number of benzene rings is 1.